The summed E-state index contributed by atoms with van der Waals surface area (Å²) in [5, 5.41) is 3.42. The van der Waals surface area contributed by atoms with Gasteiger partial charge in [0.05, 0.1) is 23.3 Å². The number of aromatic nitrogens is 2. The van der Waals surface area contributed by atoms with Gasteiger partial charge in [0.1, 0.15) is 12.4 Å². The molecule has 1 aromatic heterocycles. The van der Waals surface area contributed by atoms with E-state index in [-0.39, 0.29) is 30.5 Å². The third-order valence-electron chi connectivity index (χ3n) is 5.21. The summed E-state index contributed by atoms with van der Waals surface area (Å²) in [4.78, 5) is 29.4. The van der Waals surface area contributed by atoms with Gasteiger partial charge in [-0.2, -0.15) is 0 Å². The normalized spacial score (nSPS) is 16.0. The van der Waals surface area contributed by atoms with E-state index in [2.05, 4.69) is 10.3 Å². The molecule has 1 fully saturated rings. The van der Waals surface area contributed by atoms with Crippen molar-refractivity contribution in [2.75, 3.05) is 18.5 Å². The van der Waals surface area contributed by atoms with Crippen LogP contribution < -0.4 is 15.6 Å². The number of nitrogens with zero attached hydrogens (tertiary/aromatic N) is 2. The van der Waals surface area contributed by atoms with E-state index in [9.17, 15) is 9.59 Å². The van der Waals surface area contributed by atoms with E-state index >= 15 is 0 Å². The van der Waals surface area contributed by atoms with Crippen LogP contribution in [0.5, 0.6) is 5.75 Å². The van der Waals surface area contributed by atoms with Crippen LogP contribution in [0.25, 0.3) is 10.9 Å². The van der Waals surface area contributed by atoms with Crippen molar-refractivity contribution in [2.45, 2.75) is 38.8 Å². The number of nitrogens with one attached hydrogen (secondary N) is 1. The van der Waals surface area contributed by atoms with E-state index in [0.717, 1.165) is 25.0 Å². The van der Waals surface area contributed by atoms with Crippen molar-refractivity contribution in [3.8, 4) is 5.75 Å². The van der Waals surface area contributed by atoms with Crippen LogP contribution in [0.2, 0.25) is 0 Å². The lowest BCUT2D eigenvalue weighted by Crippen LogP contribution is -2.23. The highest BCUT2D eigenvalue weighted by Gasteiger charge is 2.16. The lowest BCUT2D eigenvalue weighted by Gasteiger charge is -2.13. The second kappa shape index (κ2) is 9.09. The van der Waals surface area contributed by atoms with Crippen LogP contribution in [0.4, 0.5) is 5.69 Å². The zero-order chi connectivity index (χ0) is 20.9. The number of para-hydroxylation sites is 1. The number of hydrogen-bond acceptors (Lipinski definition) is 5. The molecule has 1 N–H and O–H groups in total. The van der Waals surface area contributed by atoms with E-state index in [1.165, 1.54) is 10.9 Å². The maximum absolute atomic E-state index is 12.6. The van der Waals surface area contributed by atoms with Gasteiger partial charge in [-0.25, -0.2) is 4.98 Å². The Hall–Kier alpha value is -3.19. The zero-order valence-electron chi connectivity index (χ0n) is 17.0. The Bertz CT molecular complexity index is 1100. The van der Waals surface area contributed by atoms with Crippen LogP contribution in [-0.4, -0.2) is 34.8 Å². The fourth-order valence-electron chi connectivity index (χ4n) is 3.57. The molecule has 0 spiro atoms. The number of aryl methyl sites for hydroxylation is 2. The van der Waals surface area contributed by atoms with Gasteiger partial charge in [0.2, 0.25) is 5.91 Å². The summed E-state index contributed by atoms with van der Waals surface area (Å²) in [6.07, 6.45) is 3.89. The molecule has 3 aromatic rings. The molecule has 7 nitrogen and oxygen atoms in total. The van der Waals surface area contributed by atoms with Crippen LogP contribution in [0.15, 0.2) is 53.6 Å². The highest BCUT2D eigenvalue weighted by molar-refractivity contribution is 5.90. The fraction of sp³-hybridized carbons (Fsp3) is 0.348. The highest BCUT2D eigenvalue weighted by atomic mass is 16.5. The second-order valence-corrected chi connectivity index (χ2v) is 7.49. The summed E-state index contributed by atoms with van der Waals surface area (Å²) in [7, 11) is 0. The summed E-state index contributed by atoms with van der Waals surface area (Å²) in [5.41, 5.74) is 2.17. The highest BCUT2D eigenvalue weighted by Crippen LogP contribution is 2.20. The molecule has 156 valence electrons. The van der Waals surface area contributed by atoms with Gasteiger partial charge in [0, 0.05) is 31.3 Å². The maximum Gasteiger partial charge on any atom is 0.261 e. The Morgan fingerprint density at radius 3 is 3.00 bits per heavy atom. The fourth-order valence-corrected chi connectivity index (χ4v) is 3.57. The van der Waals surface area contributed by atoms with E-state index in [1.807, 2.05) is 37.3 Å². The first-order valence-corrected chi connectivity index (χ1v) is 10.2. The first-order valence-electron chi connectivity index (χ1n) is 10.2. The quantitative estimate of drug-likeness (QED) is 0.650. The third-order valence-corrected chi connectivity index (χ3v) is 5.21. The van der Waals surface area contributed by atoms with E-state index in [1.54, 1.807) is 12.1 Å². The molecule has 1 aliphatic heterocycles. The Morgan fingerprint density at radius 1 is 1.30 bits per heavy atom. The van der Waals surface area contributed by atoms with Crippen LogP contribution in [0, 0.1) is 6.92 Å². The molecule has 2 aromatic carbocycles. The first kappa shape index (κ1) is 20.1. The summed E-state index contributed by atoms with van der Waals surface area (Å²) in [5.74, 6) is 0.510. The molecule has 2 heterocycles. The number of benzene rings is 2. The van der Waals surface area contributed by atoms with Crippen molar-refractivity contribution < 1.29 is 14.3 Å². The third kappa shape index (κ3) is 4.68. The molecule has 0 bridgehead atoms. The van der Waals surface area contributed by atoms with Gasteiger partial charge in [-0.05, 0) is 43.5 Å². The molecule has 0 radical (unpaired) electrons. The minimum Gasteiger partial charge on any atom is -0.491 e. The molecular weight excluding hydrogens is 382 g/mol. The monoisotopic (exact) mass is 407 g/mol. The summed E-state index contributed by atoms with van der Waals surface area (Å²) < 4.78 is 12.8. The Balaban J connectivity index is 1.35. The molecule has 1 atom stereocenters. The van der Waals surface area contributed by atoms with Gasteiger partial charge in [0.25, 0.3) is 5.56 Å². The average molecular weight is 407 g/mol. The summed E-state index contributed by atoms with van der Waals surface area (Å²) in [6.45, 7) is 3.48. The van der Waals surface area contributed by atoms with Crippen molar-refractivity contribution >= 4 is 22.5 Å². The Labute approximate surface area is 174 Å². The SMILES string of the molecule is Cc1cccc2c(=O)n(CCC(=O)Nc3cccc(OCC4CCCO4)c3)cnc12. The molecule has 1 aliphatic rings. The van der Waals surface area contributed by atoms with Gasteiger partial charge in [0.15, 0.2) is 0 Å². The lowest BCUT2D eigenvalue weighted by atomic mass is 10.1. The van der Waals surface area contributed by atoms with Gasteiger partial charge in [-0.15, -0.1) is 0 Å². The predicted octanol–water partition coefficient (Wildman–Crippen LogP) is 3.29. The minimum atomic E-state index is -0.178. The van der Waals surface area contributed by atoms with Crippen molar-refractivity contribution in [1.82, 2.24) is 9.55 Å². The number of rotatable bonds is 7. The number of hydrogen-bond donors (Lipinski definition) is 1. The Morgan fingerprint density at radius 2 is 2.17 bits per heavy atom. The topological polar surface area (TPSA) is 82.5 Å². The number of carbonyl (C=O) groups excluding carboxylic acids is 1. The van der Waals surface area contributed by atoms with Crippen molar-refractivity contribution in [1.29, 1.82) is 0 Å². The standard InChI is InChI=1S/C23H25N3O4/c1-16-5-2-9-20-22(16)24-15-26(23(20)28)11-10-21(27)25-17-6-3-7-18(13-17)30-14-19-8-4-12-29-19/h2-3,5-7,9,13,15,19H,4,8,10-12,14H2,1H3,(H,25,27). The molecule has 0 saturated carbocycles. The number of amides is 1. The van der Waals surface area contributed by atoms with Crippen molar-refractivity contribution in [3.05, 3.63) is 64.7 Å². The lowest BCUT2D eigenvalue weighted by molar-refractivity contribution is -0.116. The largest absolute Gasteiger partial charge is 0.491 e. The van der Waals surface area contributed by atoms with E-state index < -0.39 is 0 Å². The van der Waals surface area contributed by atoms with Gasteiger partial charge < -0.3 is 14.8 Å². The molecule has 1 saturated heterocycles. The number of ether oxygens (including phenoxy) is 2. The number of anilines is 1. The molecule has 1 unspecified atom stereocenters. The van der Waals surface area contributed by atoms with Gasteiger partial charge >= 0.3 is 0 Å². The second-order valence-electron chi connectivity index (χ2n) is 7.49. The van der Waals surface area contributed by atoms with Crippen LogP contribution in [-0.2, 0) is 16.1 Å². The van der Waals surface area contributed by atoms with Crippen molar-refractivity contribution in [2.24, 2.45) is 0 Å². The average Bonchev–Trinajstić information content (AvgIpc) is 3.26. The van der Waals surface area contributed by atoms with Crippen LogP contribution in [0.1, 0.15) is 24.8 Å². The summed E-state index contributed by atoms with van der Waals surface area (Å²) in [6, 6.07) is 12.8. The number of fused-ring (bicyclic) bond motifs is 1. The van der Waals surface area contributed by atoms with Crippen LogP contribution in [0.3, 0.4) is 0 Å². The maximum atomic E-state index is 12.6. The molecule has 7 heteroatoms. The minimum absolute atomic E-state index is 0.138. The Kier molecular flexibility index (Phi) is 6.09. The first-order chi connectivity index (χ1) is 14.6. The molecule has 1 amide bonds. The van der Waals surface area contributed by atoms with Gasteiger partial charge in [-0.1, -0.05) is 18.2 Å². The van der Waals surface area contributed by atoms with Crippen molar-refractivity contribution in [3.63, 3.8) is 0 Å². The molecule has 4 rings (SSSR count). The van der Waals surface area contributed by atoms with Gasteiger partial charge in [-0.3, -0.25) is 14.2 Å². The van der Waals surface area contributed by atoms with E-state index in [4.69, 9.17) is 9.47 Å². The number of carbonyl (C=O) groups is 1. The molecular formula is C23H25N3O4. The zero-order valence-corrected chi connectivity index (χ0v) is 17.0. The van der Waals surface area contributed by atoms with E-state index in [0.29, 0.717) is 28.9 Å². The predicted molar refractivity (Wildman–Crippen MR) is 115 cm³/mol. The van der Waals surface area contributed by atoms with Crippen LogP contribution >= 0.6 is 0 Å². The molecule has 30 heavy (non-hydrogen) atoms. The summed E-state index contributed by atoms with van der Waals surface area (Å²) >= 11 is 0. The molecule has 0 aliphatic carbocycles. The smallest absolute Gasteiger partial charge is 0.261 e.